The molecule has 0 aliphatic carbocycles. The van der Waals surface area contributed by atoms with Gasteiger partial charge in [0.25, 0.3) is 5.69 Å². The number of anilines is 1. The maximum absolute atomic E-state index is 13.1. The summed E-state index contributed by atoms with van der Waals surface area (Å²) < 4.78 is 13.7. The van der Waals surface area contributed by atoms with Gasteiger partial charge in [-0.25, -0.2) is 4.39 Å². The zero-order valence-electron chi connectivity index (χ0n) is 9.02. The molecular weight excluding hydrogens is 279 g/mol. The lowest BCUT2D eigenvalue weighted by atomic mass is 10.2. The fourth-order valence-electron chi connectivity index (χ4n) is 1.44. The number of nitro benzene ring substituents is 1. The molecule has 0 radical (unpaired) electrons. The van der Waals surface area contributed by atoms with Crippen molar-refractivity contribution in [1.82, 2.24) is 0 Å². The van der Waals surface area contributed by atoms with Crippen molar-refractivity contribution < 1.29 is 9.31 Å². The molecule has 1 aromatic heterocycles. The Labute approximate surface area is 111 Å². The van der Waals surface area contributed by atoms with Crippen molar-refractivity contribution in [2.45, 2.75) is 6.54 Å². The molecule has 0 fully saturated rings. The van der Waals surface area contributed by atoms with E-state index >= 15 is 0 Å². The van der Waals surface area contributed by atoms with Crippen LogP contribution < -0.4 is 5.32 Å². The van der Waals surface area contributed by atoms with E-state index in [1.807, 2.05) is 6.07 Å². The smallest absolute Gasteiger partial charge is 0.292 e. The molecule has 2 aromatic rings. The van der Waals surface area contributed by atoms with Crippen molar-refractivity contribution in [2.75, 3.05) is 5.32 Å². The van der Waals surface area contributed by atoms with Crippen LogP contribution in [0.3, 0.4) is 0 Å². The van der Waals surface area contributed by atoms with E-state index in [1.165, 1.54) is 11.3 Å². The summed E-state index contributed by atoms with van der Waals surface area (Å²) >= 11 is 7.14. The third-order valence-corrected chi connectivity index (χ3v) is 3.47. The van der Waals surface area contributed by atoms with E-state index in [4.69, 9.17) is 11.6 Å². The largest absolute Gasteiger partial charge is 0.375 e. The number of hydrogen-bond acceptors (Lipinski definition) is 4. The van der Waals surface area contributed by atoms with Gasteiger partial charge in [0.15, 0.2) is 0 Å². The van der Waals surface area contributed by atoms with Gasteiger partial charge in [0.05, 0.1) is 9.26 Å². The molecule has 7 heteroatoms. The van der Waals surface area contributed by atoms with Crippen molar-refractivity contribution in [3.8, 4) is 0 Å². The van der Waals surface area contributed by atoms with Crippen molar-refractivity contribution in [3.05, 3.63) is 55.5 Å². The molecule has 94 valence electrons. The Kier molecular flexibility index (Phi) is 3.78. The van der Waals surface area contributed by atoms with Crippen LogP contribution in [0.25, 0.3) is 0 Å². The molecule has 0 saturated heterocycles. The van der Waals surface area contributed by atoms with Crippen molar-refractivity contribution in [3.63, 3.8) is 0 Å². The second-order valence-corrected chi connectivity index (χ2v) is 5.28. The zero-order valence-corrected chi connectivity index (χ0v) is 10.6. The van der Waals surface area contributed by atoms with E-state index in [0.29, 0.717) is 10.9 Å². The first-order valence-corrected chi connectivity index (χ1v) is 6.18. The van der Waals surface area contributed by atoms with E-state index in [-0.39, 0.29) is 11.4 Å². The second-order valence-electron chi connectivity index (χ2n) is 3.48. The second kappa shape index (κ2) is 5.32. The fraction of sp³-hybridized carbons (Fsp3) is 0.0909. The molecule has 0 aliphatic rings. The molecule has 0 atom stereocenters. The topological polar surface area (TPSA) is 55.2 Å². The Balaban J connectivity index is 2.17. The highest BCUT2D eigenvalue weighted by Crippen LogP contribution is 2.27. The Morgan fingerprint density at radius 3 is 2.78 bits per heavy atom. The quantitative estimate of drug-likeness (QED) is 0.681. The van der Waals surface area contributed by atoms with Crippen LogP contribution in [0, 0.1) is 15.9 Å². The molecule has 0 aliphatic heterocycles. The number of halogens is 2. The third-order valence-electron chi connectivity index (χ3n) is 2.24. The third kappa shape index (κ3) is 2.96. The van der Waals surface area contributed by atoms with Crippen molar-refractivity contribution >= 4 is 34.3 Å². The summed E-state index contributed by atoms with van der Waals surface area (Å²) in [7, 11) is 0. The van der Waals surface area contributed by atoms with E-state index in [2.05, 4.69) is 5.32 Å². The van der Waals surface area contributed by atoms with Gasteiger partial charge in [-0.3, -0.25) is 10.1 Å². The molecule has 0 spiro atoms. The van der Waals surface area contributed by atoms with Gasteiger partial charge in [-0.2, -0.15) is 0 Å². The predicted octanol–water partition coefficient (Wildman–Crippen LogP) is 4.06. The Morgan fingerprint density at radius 1 is 1.39 bits per heavy atom. The average Bonchev–Trinajstić information content (AvgIpc) is 2.72. The molecular formula is C11H8ClFN2O2S. The van der Waals surface area contributed by atoms with Gasteiger partial charge < -0.3 is 5.32 Å². The van der Waals surface area contributed by atoms with Crippen LogP contribution in [-0.2, 0) is 6.54 Å². The number of nitrogens with one attached hydrogen (secondary N) is 1. The first-order valence-electron chi connectivity index (χ1n) is 4.98. The van der Waals surface area contributed by atoms with Gasteiger partial charge in [0.2, 0.25) is 0 Å². The molecule has 0 saturated carbocycles. The zero-order chi connectivity index (χ0) is 13.1. The summed E-state index contributed by atoms with van der Waals surface area (Å²) in [6.45, 7) is 0.363. The van der Waals surface area contributed by atoms with Gasteiger partial charge in [0.1, 0.15) is 11.5 Å². The Hall–Kier alpha value is -1.66. The molecule has 1 aromatic carbocycles. The fourth-order valence-corrected chi connectivity index (χ4v) is 2.47. The van der Waals surface area contributed by atoms with Gasteiger partial charge in [-0.15, -0.1) is 11.3 Å². The highest BCUT2D eigenvalue weighted by molar-refractivity contribution is 7.16. The number of thiophene rings is 1. The van der Waals surface area contributed by atoms with Crippen LogP contribution in [0.1, 0.15) is 4.88 Å². The van der Waals surface area contributed by atoms with E-state index in [9.17, 15) is 14.5 Å². The molecule has 1 N–H and O–H groups in total. The maximum Gasteiger partial charge on any atom is 0.292 e. The van der Waals surface area contributed by atoms with Gasteiger partial charge in [-0.1, -0.05) is 11.6 Å². The summed E-state index contributed by atoms with van der Waals surface area (Å²) in [5.74, 6) is -0.521. The van der Waals surface area contributed by atoms with Crippen LogP contribution in [-0.4, -0.2) is 4.92 Å². The molecule has 18 heavy (non-hydrogen) atoms. The van der Waals surface area contributed by atoms with Crippen LogP contribution in [0.4, 0.5) is 15.8 Å². The summed E-state index contributed by atoms with van der Waals surface area (Å²) in [4.78, 5) is 11.1. The normalized spacial score (nSPS) is 10.3. The number of rotatable bonds is 4. The lowest BCUT2D eigenvalue weighted by molar-refractivity contribution is -0.384. The van der Waals surface area contributed by atoms with Crippen LogP contribution in [0.15, 0.2) is 30.3 Å². The average molecular weight is 287 g/mol. The molecule has 2 rings (SSSR count). The lowest BCUT2D eigenvalue weighted by Gasteiger charge is -2.05. The van der Waals surface area contributed by atoms with E-state index in [1.54, 1.807) is 6.07 Å². The Morgan fingerprint density at radius 2 is 2.17 bits per heavy atom. The van der Waals surface area contributed by atoms with Gasteiger partial charge in [-0.05, 0) is 18.2 Å². The molecule has 0 bridgehead atoms. The SMILES string of the molecule is O=[N+]([O-])c1ccc(F)cc1NCc1ccc(Cl)s1. The minimum atomic E-state index is -0.552. The minimum Gasteiger partial charge on any atom is -0.375 e. The number of nitro groups is 1. The number of benzene rings is 1. The minimum absolute atomic E-state index is 0.154. The van der Waals surface area contributed by atoms with E-state index < -0.39 is 10.7 Å². The molecule has 0 amide bonds. The van der Waals surface area contributed by atoms with E-state index in [0.717, 1.165) is 23.1 Å². The predicted molar refractivity (Wildman–Crippen MR) is 69.7 cm³/mol. The Bertz CT molecular complexity index is 588. The monoisotopic (exact) mass is 286 g/mol. The van der Waals surface area contributed by atoms with Crippen LogP contribution in [0.5, 0.6) is 0 Å². The molecule has 4 nitrogen and oxygen atoms in total. The standard InChI is InChI=1S/C11H8ClFN2O2S/c12-11-4-2-8(18-11)6-14-9-5-7(13)1-3-10(9)15(16)17/h1-5,14H,6H2. The molecule has 0 unspecified atom stereocenters. The maximum atomic E-state index is 13.1. The lowest BCUT2D eigenvalue weighted by Crippen LogP contribution is -2.01. The van der Waals surface area contributed by atoms with Gasteiger partial charge >= 0.3 is 0 Å². The summed E-state index contributed by atoms with van der Waals surface area (Å²) in [5, 5.41) is 13.6. The number of hydrogen-bond donors (Lipinski definition) is 1. The summed E-state index contributed by atoms with van der Waals surface area (Å²) in [6, 6.07) is 6.85. The van der Waals surface area contributed by atoms with Gasteiger partial charge in [0, 0.05) is 23.6 Å². The van der Waals surface area contributed by atoms with Crippen LogP contribution in [0.2, 0.25) is 4.34 Å². The first kappa shape index (κ1) is 12.8. The van der Waals surface area contributed by atoms with Crippen molar-refractivity contribution in [1.29, 1.82) is 0 Å². The summed E-state index contributed by atoms with van der Waals surface area (Å²) in [5.41, 5.74) is 0.00331. The number of nitrogens with zero attached hydrogens (tertiary/aromatic N) is 1. The molecule has 1 heterocycles. The first-order chi connectivity index (χ1) is 8.56. The highest BCUT2D eigenvalue weighted by atomic mass is 35.5. The van der Waals surface area contributed by atoms with Crippen molar-refractivity contribution in [2.24, 2.45) is 0 Å². The summed E-state index contributed by atoms with van der Waals surface area (Å²) in [6.07, 6.45) is 0. The van der Waals surface area contributed by atoms with Crippen LogP contribution >= 0.6 is 22.9 Å². The highest BCUT2D eigenvalue weighted by Gasteiger charge is 2.14.